The molecule has 0 spiro atoms. The van der Waals surface area contributed by atoms with E-state index in [1.54, 1.807) is 0 Å². The summed E-state index contributed by atoms with van der Waals surface area (Å²) in [4.78, 5) is 4.67. The second-order valence-corrected chi connectivity index (χ2v) is 6.54. The second-order valence-electron chi connectivity index (χ2n) is 6.54. The van der Waals surface area contributed by atoms with Crippen LogP contribution in [0.25, 0.3) is 22.2 Å². The number of aryl methyl sites for hydroxylation is 3. The van der Waals surface area contributed by atoms with E-state index in [0.29, 0.717) is 0 Å². The number of rotatable bonds is 3. The van der Waals surface area contributed by atoms with E-state index in [-0.39, 0.29) is 0 Å². The number of aromatic nitrogens is 3. The Morgan fingerprint density at radius 2 is 1.60 bits per heavy atom. The Balaban J connectivity index is 1.94. The summed E-state index contributed by atoms with van der Waals surface area (Å²) in [7, 11) is 0. The van der Waals surface area contributed by atoms with Crippen molar-refractivity contribution in [3.63, 3.8) is 0 Å². The van der Waals surface area contributed by atoms with Gasteiger partial charge in [0, 0.05) is 22.3 Å². The molecule has 0 N–H and O–H groups in total. The Morgan fingerprint density at radius 3 is 2.36 bits per heavy atom. The van der Waals surface area contributed by atoms with Crippen LogP contribution in [0.1, 0.15) is 22.5 Å². The topological polar surface area (TPSA) is 30.7 Å². The minimum atomic E-state index is 0.763. The van der Waals surface area contributed by atoms with Crippen molar-refractivity contribution < 1.29 is 0 Å². The highest BCUT2D eigenvalue weighted by molar-refractivity contribution is 5.95. The lowest BCUT2D eigenvalue weighted by atomic mass is 10.1. The van der Waals surface area contributed by atoms with E-state index in [9.17, 15) is 0 Å². The monoisotopic (exact) mass is 327 g/mol. The highest BCUT2D eigenvalue weighted by Crippen LogP contribution is 2.30. The molecule has 25 heavy (non-hydrogen) atoms. The van der Waals surface area contributed by atoms with Crippen molar-refractivity contribution >= 4 is 10.9 Å². The van der Waals surface area contributed by atoms with Crippen molar-refractivity contribution in [3.05, 3.63) is 83.2 Å². The van der Waals surface area contributed by atoms with Gasteiger partial charge >= 0.3 is 0 Å². The predicted molar refractivity (Wildman–Crippen MR) is 103 cm³/mol. The third kappa shape index (κ3) is 2.82. The molecule has 3 heteroatoms. The standard InChI is InChI=1S/C22H21N3/c1-15-9-7-8-12-19(15)14-25-20-13-16(2)23-17(3)21(20)22(24-25)18-10-5-4-6-11-18/h4-13H,14H2,1-3H3. The van der Waals surface area contributed by atoms with Crippen LogP contribution in [0.2, 0.25) is 0 Å². The summed E-state index contributed by atoms with van der Waals surface area (Å²) in [5.41, 5.74) is 7.92. The highest BCUT2D eigenvalue weighted by atomic mass is 15.3. The van der Waals surface area contributed by atoms with Crippen molar-refractivity contribution in [2.45, 2.75) is 27.3 Å². The molecule has 124 valence electrons. The number of hydrogen-bond acceptors (Lipinski definition) is 2. The second kappa shape index (κ2) is 6.17. The number of pyridine rings is 1. The van der Waals surface area contributed by atoms with Gasteiger partial charge in [0.25, 0.3) is 0 Å². The lowest BCUT2D eigenvalue weighted by Gasteiger charge is -2.07. The third-order valence-corrected chi connectivity index (χ3v) is 4.67. The van der Waals surface area contributed by atoms with Gasteiger partial charge in [0.2, 0.25) is 0 Å². The van der Waals surface area contributed by atoms with Gasteiger partial charge in [-0.2, -0.15) is 5.10 Å². The molecular weight excluding hydrogens is 306 g/mol. The van der Waals surface area contributed by atoms with Crippen LogP contribution in [0.3, 0.4) is 0 Å². The van der Waals surface area contributed by atoms with Gasteiger partial charge in [-0.3, -0.25) is 9.67 Å². The maximum atomic E-state index is 4.97. The molecule has 2 aromatic heterocycles. The minimum absolute atomic E-state index is 0.763. The normalized spacial score (nSPS) is 11.2. The van der Waals surface area contributed by atoms with Crippen LogP contribution in [0, 0.1) is 20.8 Å². The Labute approximate surface area is 148 Å². The smallest absolute Gasteiger partial charge is 0.102 e. The van der Waals surface area contributed by atoms with Crippen LogP contribution in [0.5, 0.6) is 0 Å². The zero-order chi connectivity index (χ0) is 17.4. The molecule has 0 amide bonds. The van der Waals surface area contributed by atoms with Crippen LogP contribution < -0.4 is 0 Å². The Morgan fingerprint density at radius 1 is 0.880 bits per heavy atom. The molecule has 0 aliphatic rings. The maximum Gasteiger partial charge on any atom is 0.102 e. The molecule has 2 heterocycles. The fourth-order valence-corrected chi connectivity index (χ4v) is 3.40. The number of nitrogens with zero attached hydrogens (tertiary/aromatic N) is 3. The van der Waals surface area contributed by atoms with Crippen LogP contribution >= 0.6 is 0 Å². The summed E-state index contributed by atoms with van der Waals surface area (Å²) in [6.07, 6.45) is 0. The average Bonchev–Trinajstić information content (AvgIpc) is 2.96. The van der Waals surface area contributed by atoms with Crippen molar-refractivity contribution in [1.82, 2.24) is 14.8 Å². The molecule has 3 nitrogen and oxygen atoms in total. The maximum absolute atomic E-state index is 4.97. The van der Waals surface area contributed by atoms with Gasteiger partial charge in [-0.15, -0.1) is 0 Å². The summed E-state index contributed by atoms with van der Waals surface area (Å²) in [6.45, 7) is 7.03. The van der Waals surface area contributed by atoms with Crippen LogP contribution in [-0.2, 0) is 6.54 Å². The molecule has 4 rings (SSSR count). The van der Waals surface area contributed by atoms with Gasteiger partial charge in [0.15, 0.2) is 0 Å². The molecule has 2 aromatic carbocycles. The quantitative estimate of drug-likeness (QED) is 0.526. The molecule has 0 aliphatic heterocycles. The SMILES string of the molecule is Cc1cc2c(c(C)n1)c(-c1ccccc1)nn2Cc1ccccc1C. The molecular formula is C22H21N3. The molecule has 0 saturated carbocycles. The molecule has 0 aliphatic carbocycles. The summed E-state index contributed by atoms with van der Waals surface area (Å²) >= 11 is 0. The van der Waals surface area contributed by atoms with Gasteiger partial charge in [-0.1, -0.05) is 54.6 Å². The first kappa shape index (κ1) is 15.6. The molecule has 0 radical (unpaired) electrons. The fourth-order valence-electron chi connectivity index (χ4n) is 3.40. The van der Waals surface area contributed by atoms with E-state index in [1.807, 2.05) is 13.0 Å². The number of benzene rings is 2. The summed E-state index contributed by atoms with van der Waals surface area (Å²) in [5.74, 6) is 0. The minimum Gasteiger partial charge on any atom is -0.260 e. The first-order valence-electron chi connectivity index (χ1n) is 8.58. The van der Waals surface area contributed by atoms with Gasteiger partial charge in [0.05, 0.1) is 12.1 Å². The van der Waals surface area contributed by atoms with E-state index in [4.69, 9.17) is 5.10 Å². The van der Waals surface area contributed by atoms with Crippen molar-refractivity contribution in [3.8, 4) is 11.3 Å². The largest absolute Gasteiger partial charge is 0.260 e. The summed E-state index contributed by atoms with van der Waals surface area (Å²) < 4.78 is 2.11. The number of fused-ring (bicyclic) bond motifs is 1. The summed E-state index contributed by atoms with van der Waals surface area (Å²) in [5, 5.41) is 6.12. The van der Waals surface area contributed by atoms with Crippen LogP contribution in [0.15, 0.2) is 60.7 Å². The average molecular weight is 327 g/mol. The van der Waals surface area contributed by atoms with Crippen molar-refractivity contribution in [2.24, 2.45) is 0 Å². The fraction of sp³-hybridized carbons (Fsp3) is 0.182. The van der Waals surface area contributed by atoms with Gasteiger partial charge < -0.3 is 0 Å². The van der Waals surface area contributed by atoms with Crippen LogP contribution in [0.4, 0.5) is 0 Å². The Kier molecular flexibility index (Phi) is 3.85. The molecule has 0 saturated heterocycles. The summed E-state index contributed by atoms with van der Waals surface area (Å²) in [6, 6.07) is 21.0. The Bertz CT molecular complexity index is 1050. The first-order valence-corrected chi connectivity index (χ1v) is 8.58. The van der Waals surface area contributed by atoms with Gasteiger partial charge in [-0.25, -0.2) is 0 Å². The highest BCUT2D eigenvalue weighted by Gasteiger charge is 2.16. The van der Waals surface area contributed by atoms with Crippen LogP contribution in [-0.4, -0.2) is 14.8 Å². The van der Waals surface area contributed by atoms with Crippen molar-refractivity contribution in [2.75, 3.05) is 0 Å². The Hall–Kier alpha value is -2.94. The molecule has 0 atom stereocenters. The third-order valence-electron chi connectivity index (χ3n) is 4.67. The van der Waals surface area contributed by atoms with E-state index in [2.05, 4.69) is 78.1 Å². The van der Waals surface area contributed by atoms with E-state index >= 15 is 0 Å². The lowest BCUT2D eigenvalue weighted by molar-refractivity contribution is 0.711. The first-order chi connectivity index (χ1) is 12.1. The lowest BCUT2D eigenvalue weighted by Crippen LogP contribution is -2.03. The number of hydrogen-bond donors (Lipinski definition) is 0. The van der Waals surface area contributed by atoms with Gasteiger partial charge in [0.1, 0.15) is 5.69 Å². The zero-order valence-electron chi connectivity index (χ0n) is 14.8. The molecule has 0 unspecified atom stereocenters. The zero-order valence-corrected chi connectivity index (χ0v) is 14.8. The van der Waals surface area contributed by atoms with Gasteiger partial charge in [-0.05, 0) is 38.0 Å². The predicted octanol–water partition coefficient (Wildman–Crippen LogP) is 5.07. The van der Waals surface area contributed by atoms with Crippen molar-refractivity contribution in [1.29, 1.82) is 0 Å². The molecule has 4 aromatic rings. The van der Waals surface area contributed by atoms with E-state index in [0.717, 1.165) is 40.1 Å². The molecule has 0 bridgehead atoms. The molecule has 0 fully saturated rings. The van der Waals surface area contributed by atoms with E-state index in [1.165, 1.54) is 11.1 Å². The van der Waals surface area contributed by atoms with E-state index < -0.39 is 0 Å².